The molecule has 0 aliphatic carbocycles. The van der Waals surface area contributed by atoms with E-state index >= 15 is 0 Å². The molecule has 1 atom stereocenters. The van der Waals surface area contributed by atoms with Crippen LogP contribution in [0.3, 0.4) is 0 Å². The van der Waals surface area contributed by atoms with Crippen LogP contribution in [-0.2, 0) is 14.3 Å². The van der Waals surface area contributed by atoms with E-state index in [0.717, 1.165) is 25.2 Å². The number of thiophene rings is 1. The minimum atomic E-state index is -0.353. The van der Waals surface area contributed by atoms with E-state index in [-0.39, 0.29) is 12.1 Å². The van der Waals surface area contributed by atoms with Crippen LogP contribution in [0.4, 0.5) is 0 Å². The van der Waals surface area contributed by atoms with Gasteiger partial charge in [0, 0.05) is 18.2 Å². The minimum Gasteiger partial charge on any atom is -0.455 e. The Morgan fingerprint density at radius 3 is 2.74 bits per heavy atom. The molecule has 0 N–H and O–H groups in total. The van der Waals surface area contributed by atoms with Gasteiger partial charge in [0.1, 0.15) is 0 Å². The smallest absolute Gasteiger partial charge is 0.303 e. The predicted octanol–water partition coefficient (Wildman–Crippen LogP) is 3.86. The second-order valence-electron chi connectivity index (χ2n) is 5.42. The van der Waals surface area contributed by atoms with Crippen LogP contribution < -0.4 is 0 Å². The summed E-state index contributed by atoms with van der Waals surface area (Å²) in [5.74, 6) is -0.284. The highest BCUT2D eigenvalue weighted by Gasteiger charge is 2.16. The van der Waals surface area contributed by atoms with E-state index in [2.05, 4.69) is 42.3 Å². The van der Waals surface area contributed by atoms with Gasteiger partial charge in [0.25, 0.3) is 0 Å². The molecule has 0 radical (unpaired) electrons. The molecule has 0 aliphatic heterocycles. The Bertz CT molecular complexity index is 622. The van der Waals surface area contributed by atoms with Crippen molar-refractivity contribution in [3.05, 3.63) is 35.2 Å². The van der Waals surface area contributed by atoms with Gasteiger partial charge in [-0.05, 0) is 47.6 Å². The zero-order chi connectivity index (χ0) is 16.7. The van der Waals surface area contributed by atoms with E-state index in [1.54, 1.807) is 11.3 Å². The third-order valence-corrected chi connectivity index (χ3v) is 4.77. The number of hydrogen-bond donors (Lipinski definition) is 0. The average Bonchev–Trinajstić information content (AvgIpc) is 3.01. The molecule has 2 aromatic rings. The lowest BCUT2D eigenvalue weighted by atomic mass is 10.1. The first-order valence-corrected chi connectivity index (χ1v) is 8.96. The summed E-state index contributed by atoms with van der Waals surface area (Å²) in [5.41, 5.74) is 0.980. The number of likely N-dealkylation sites (N-methyl/N-ethyl adjacent to an activating group) is 1. The zero-order valence-electron chi connectivity index (χ0n) is 14.1. The van der Waals surface area contributed by atoms with E-state index in [4.69, 9.17) is 9.47 Å². The number of hydrogen-bond acceptors (Lipinski definition) is 5. The van der Waals surface area contributed by atoms with E-state index in [1.165, 1.54) is 17.0 Å². The van der Waals surface area contributed by atoms with Crippen LogP contribution in [0.5, 0.6) is 0 Å². The number of rotatable bonds is 9. The predicted molar refractivity (Wildman–Crippen MR) is 94.9 cm³/mol. The number of benzene rings is 1. The Hall–Kier alpha value is -1.43. The van der Waals surface area contributed by atoms with Crippen LogP contribution in [0.15, 0.2) is 29.6 Å². The molecule has 0 aliphatic rings. The molecule has 0 amide bonds. The van der Waals surface area contributed by atoms with Gasteiger partial charge in [0.15, 0.2) is 6.10 Å². The lowest BCUT2D eigenvalue weighted by Gasteiger charge is -2.20. The standard InChI is InChI=1S/C18H25NO3S/c1-4-19(5-2)9-10-21-13-17(22-14(3)20)15-6-7-18-16(12-15)8-11-23-18/h6-8,11-12,17H,4-5,9-10,13H2,1-3H3. The van der Waals surface area contributed by atoms with Gasteiger partial charge in [-0.2, -0.15) is 0 Å². The Balaban J connectivity index is 1.97. The maximum absolute atomic E-state index is 11.4. The highest BCUT2D eigenvalue weighted by atomic mass is 32.1. The van der Waals surface area contributed by atoms with E-state index in [0.29, 0.717) is 13.2 Å². The molecule has 0 saturated carbocycles. The van der Waals surface area contributed by atoms with Crippen LogP contribution in [0.2, 0.25) is 0 Å². The molecule has 5 heteroatoms. The highest BCUT2D eigenvalue weighted by Crippen LogP contribution is 2.26. The monoisotopic (exact) mass is 335 g/mol. The molecule has 4 nitrogen and oxygen atoms in total. The first-order valence-electron chi connectivity index (χ1n) is 8.08. The first-order chi connectivity index (χ1) is 11.1. The molecule has 1 unspecified atom stereocenters. The second kappa shape index (κ2) is 9.01. The number of esters is 1. The van der Waals surface area contributed by atoms with Crippen LogP contribution >= 0.6 is 11.3 Å². The van der Waals surface area contributed by atoms with Gasteiger partial charge in [-0.25, -0.2) is 0 Å². The van der Waals surface area contributed by atoms with Gasteiger partial charge in [0.2, 0.25) is 0 Å². The third kappa shape index (κ3) is 5.30. The summed E-state index contributed by atoms with van der Waals surface area (Å²) < 4.78 is 12.4. The lowest BCUT2D eigenvalue weighted by Crippen LogP contribution is -2.28. The Morgan fingerprint density at radius 1 is 1.26 bits per heavy atom. The van der Waals surface area contributed by atoms with E-state index in [1.807, 2.05) is 6.07 Å². The van der Waals surface area contributed by atoms with Crippen LogP contribution in [0.25, 0.3) is 10.1 Å². The van der Waals surface area contributed by atoms with Crippen molar-refractivity contribution in [3.63, 3.8) is 0 Å². The summed E-state index contributed by atoms with van der Waals surface area (Å²) in [5, 5.41) is 3.24. The molecule has 1 aromatic carbocycles. The number of carbonyl (C=O) groups excluding carboxylic acids is 1. The summed E-state index contributed by atoms with van der Waals surface area (Å²) in [7, 11) is 0. The molecule has 1 aromatic heterocycles. The van der Waals surface area contributed by atoms with Crippen LogP contribution in [-0.4, -0.2) is 43.7 Å². The van der Waals surface area contributed by atoms with Gasteiger partial charge in [0.05, 0.1) is 13.2 Å². The second-order valence-corrected chi connectivity index (χ2v) is 6.37. The van der Waals surface area contributed by atoms with Gasteiger partial charge in [-0.3, -0.25) is 4.79 Å². The fourth-order valence-electron chi connectivity index (χ4n) is 2.51. The summed E-state index contributed by atoms with van der Waals surface area (Å²) in [4.78, 5) is 13.7. The Morgan fingerprint density at radius 2 is 2.04 bits per heavy atom. The molecule has 2 rings (SSSR count). The molecule has 0 saturated heterocycles. The van der Waals surface area contributed by atoms with Gasteiger partial charge in [-0.15, -0.1) is 11.3 Å². The molecule has 23 heavy (non-hydrogen) atoms. The molecule has 0 spiro atoms. The normalized spacial score (nSPS) is 12.7. The van der Waals surface area contributed by atoms with Crippen molar-refractivity contribution >= 4 is 27.4 Å². The summed E-state index contributed by atoms with van der Waals surface area (Å²) in [6, 6.07) is 8.24. The van der Waals surface area contributed by atoms with Gasteiger partial charge in [-0.1, -0.05) is 19.9 Å². The van der Waals surface area contributed by atoms with Crippen molar-refractivity contribution in [3.8, 4) is 0 Å². The van der Waals surface area contributed by atoms with Crippen molar-refractivity contribution < 1.29 is 14.3 Å². The number of nitrogens with zero attached hydrogens (tertiary/aromatic N) is 1. The molecule has 1 heterocycles. The largest absolute Gasteiger partial charge is 0.455 e. The van der Waals surface area contributed by atoms with Crippen molar-refractivity contribution in [1.29, 1.82) is 0 Å². The lowest BCUT2D eigenvalue weighted by molar-refractivity contribution is -0.150. The van der Waals surface area contributed by atoms with Crippen molar-refractivity contribution in [2.75, 3.05) is 32.8 Å². The first kappa shape index (κ1) is 17.9. The molecular weight excluding hydrogens is 310 g/mol. The highest BCUT2D eigenvalue weighted by molar-refractivity contribution is 7.17. The van der Waals surface area contributed by atoms with E-state index in [9.17, 15) is 4.79 Å². The van der Waals surface area contributed by atoms with Crippen molar-refractivity contribution in [2.24, 2.45) is 0 Å². The maximum Gasteiger partial charge on any atom is 0.303 e. The van der Waals surface area contributed by atoms with Gasteiger partial charge >= 0.3 is 5.97 Å². The van der Waals surface area contributed by atoms with Crippen LogP contribution in [0, 0.1) is 0 Å². The summed E-state index contributed by atoms with van der Waals surface area (Å²) >= 11 is 1.71. The van der Waals surface area contributed by atoms with E-state index < -0.39 is 0 Å². The molecule has 126 valence electrons. The molecular formula is C18H25NO3S. The van der Waals surface area contributed by atoms with Crippen molar-refractivity contribution in [1.82, 2.24) is 4.90 Å². The fourth-order valence-corrected chi connectivity index (χ4v) is 3.28. The maximum atomic E-state index is 11.4. The fraction of sp³-hybridized carbons (Fsp3) is 0.500. The Labute approximate surface area is 142 Å². The van der Waals surface area contributed by atoms with Crippen LogP contribution in [0.1, 0.15) is 32.4 Å². The summed E-state index contributed by atoms with van der Waals surface area (Å²) in [6.45, 7) is 9.67. The summed E-state index contributed by atoms with van der Waals surface area (Å²) in [6.07, 6.45) is -0.353. The molecule has 0 bridgehead atoms. The topological polar surface area (TPSA) is 38.8 Å². The number of ether oxygens (including phenoxy) is 2. The zero-order valence-corrected chi connectivity index (χ0v) is 14.9. The number of fused-ring (bicyclic) bond motifs is 1. The molecule has 0 fully saturated rings. The number of carbonyl (C=O) groups is 1. The van der Waals surface area contributed by atoms with Crippen molar-refractivity contribution in [2.45, 2.75) is 26.9 Å². The Kier molecular flexibility index (Phi) is 7.02. The SMILES string of the molecule is CCN(CC)CCOCC(OC(C)=O)c1ccc2sccc2c1. The quantitative estimate of drug-likeness (QED) is 0.515. The third-order valence-electron chi connectivity index (χ3n) is 3.87. The minimum absolute atomic E-state index is 0.284. The van der Waals surface area contributed by atoms with Gasteiger partial charge < -0.3 is 14.4 Å². The average molecular weight is 335 g/mol.